The molecule has 0 unspecified atom stereocenters. The standard InChI is InChI=1S/C31H40ClN3O4/c1-22-29(36)34(2)16-8-5-3-4-6-9-17-35-18-10-7-11-23-19-26(32)14-12-24(23)21-39-28-15-13-25(20-27(28)35)31(22,38)30(33)37/h5,8,12-15,19-20,22,38H,3-4,6-7,9-11,16-18,21H2,1-2H3,(H2,33,37)/b8-5-/t22-,31-/m0/s1. The minimum Gasteiger partial charge on any atom is -0.487 e. The summed E-state index contributed by atoms with van der Waals surface area (Å²) >= 11 is 6.29. The fraction of sp³-hybridized carbons (Fsp3) is 0.484. The summed E-state index contributed by atoms with van der Waals surface area (Å²) in [6, 6.07) is 11.1. The first kappa shape index (κ1) is 29.0. The molecule has 2 aromatic carbocycles. The van der Waals surface area contributed by atoms with Gasteiger partial charge in [0.15, 0.2) is 5.60 Å². The van der Waals surface area contributed by atoms with Crippen LogP contribution in [0.4, 0.5) is 5.69 Å². The van der Waals surface area contributed by atoms with Crippen LogP contribution in [0.15, 0.2) is 48.6 Å². The Bertz CT molecular complexity index is 1220. The smallest absolute Gasteiger partial charge is 0.254 e. The van der Waals surface area contributed by atoms with Gasteiger partial charge in [-0.2, -0.15) is 0 Å². The third-order valence-electron chi connectivity index (χ3n) is 8.01. The summed E-state index contributed by atoms with van der Waals surface area (Å²) in [6.07, 6.45) is 11.0. The molecular weight excluding hydrogens is 514 g/mol. The van der Waals surface area contributed by atoms with Crippen molar-refractivity contribution in [1.29, 1.82) is 0 Å². The monoisotopic (exact) mass is 553 g/mol. The molecule has 0 saturated heterocycles. The second-order valence-corrected chi connectivity index (χ2v) is 11.2. The van der Waals surface area contributed by atoms with Crippen molar-refractivity contribution in [1.82, 2.24) is 4.90 Å². The van der Waals surface area contributed by atoms with E-state index in [0.29, 0.717) is 29.5 Å². The highest BCUT2D eigenvalue weighted by Gasteiger charge is 2.46. The normalized spacial score (nSPS) is 24.2. The van der Waals surface area contributed by atoms with Gasteiger partial charge in [0, 0.05) is 31.7 Å². The van der Waals surface area contributed by atoms with E-state index in [1.807, 2.05) is 24.3 Å². The number of ether oxygens (including phenoxy) is 1. The number of rotatable bonds is 1. The molecule has 8 heteroatoms. The molecule has 2 aromatic rings. The van der Waals surface area contributed by atoms with Crippen LogP contribution in [-0.2, 0) is 28.2 Å². The third kappa shape index (κ3) is 6.59. The Labute approximate surface area is 236 Å². The van der Waals surface area contributed by atoms with Gasteiger partial charge in [-0.25, -0.2) is 0 Å². The van der Waals surface area contributed by atoms with Gasteiger partial charge in [0.25, 0.3) is 5.91 Å². The molecule has 7 nitrogen and oxygen atoms in total. The summed E-state index contributed by atoms with van der Waals surface area (Å²) in [5, 5.41) is 12.5. The number of benzene rings is 2. The van der Waals surface area contributed by atoms with Crippen molar-refractivity contribution in [2.75, 3.05) is 31.6 Å². The van der Waals surface area contributed by atoms with Gasteiger partial charge in [-0.15, -0.1) is 0 Å². The number of carbonyl (C=O) groups excluding carboxylic acids is 2. The Morgan fingerprint density at radius 1 is 1.05 bits per heavy atom. The zero-order valence-electron chi connectivity index (χ0n) is 23.0. The highest BCUT2D eigenvalue weighted by Crippen LogP contribution is 2.38. The lowest BCUT2D eigenvalue weighted by molar-refractivity contribution is -0.155. The number of hydrogen-bond acceptors (Lipinski definition) is 5. The zero-order chi connectivity index (χ0) is 28.0. The van der Waals surface area contributed by atoms with Gasteiger partial charge in [0.1, 0.15) is 12.4 Å². The second-order valence-electron chi connectivity index (χ2n) is 10.7. The summed E-state index contributed by atoms with van der Waals surface area (Å²) in [4.78, 5) is 29.9. The van der Waals surface area contributed by atoms with Crippen LogP contribution in [0, 0.1) is 5.92 Å². The van der Waals surface area contributed by atoms with Crippen LogP contribution in [0.25, 0.3) is 0 Å². The summed E-state index contributed by atoms with van der Waals surface area (Å²) < 4.78 is 6.38. The number of carbonyl (C=O) groups is 2. The predicted molar refractivity (Wildman–Crippen MR) is 155 cm³/mol. The fourth-order valence-corrected chi connectivity index (χ4v) is 5.71. The number of nitrogens with two attached hydrogens (primary N) is 1. The van der Waals surface area contributed by atoms with Crippen LogP contribution in [0.3, 0.4) is 0 Å². The number of hydrogen-bond donors (Lipinski definition) is 2. The molecule has 2 aliphatic heterocycles. The Hall–Kier alpha value is -3.03. The first-order chi connectivity index (χ1) is 18.7. The van der Waals surface area contributed by atoms with Crippen molar-refractivity contribution >= 4 is 29.1 Å². The van der Waals surface area contributed by atoms with Gasteiger partial charge in [-0.05, 0) is 86.4 Å². The van der Waals surface area contributed by atoms with E-state index in [0.717, 1.165) is 69.3 Å². The molecule has 2 heterocycles. The minimum absolute atomic E-state index is 0.293. The number of likely N-dealkylation sites (N-methyl/N-ethyl adjacent to an activating group) is 1. The number of aryl methyl sites for hydroxylation is 1. The quantitative estimate of drug-likeness (QED) is 0.487. The number of primary amides is 1. The zero-order valence-corrected chi connectivity index (χ0v) is 23.8. The minimum atomic E-state index is -2.18. The summed E-state index contributed by atoms with van der Waals surface area (Å²) in [5.41, 5.74) is 6.98. The number of fused-ring (bicyclic) bond motifs is 2. The van der Waals surface area contributed by atoms with Gasteiger partial charge in [-0.3, -0.25) is 9.59 Å². The second kappa shape index (κ2) is 12.9. The van der Waals surface area contributed by atoms with Crippen molar-refractivity contribution in [3.8, 4) is 5.75 Å². The van der Waals surface area contributed by atoms with Crippen molar-refractivity contribution in [2.45, 2.75) is 64.1 Å². The Morgan fingerprint density at radius 3 is 2.59 bits per heavy atom. The van der Waals surface area contributed by atoms with Gasteiger partial charge < -0.3 is 25.4 Å². The molecule has 0 aromatic heterocycles. The van der Waals surface area contributed by atoms with Crippen LogP contribution in [0.1, 0.15) is 62.1 Å². The van der Waals surface area contributed by atoms with Crippen LogP contribution in [0.5, 0.6) is 5.75 Å². The molecule has 2 aliphatic rings. The molecule has 4 rings (SSSR count). The number of anilines is 1. The molecule has 0 spiro atoms. The number of halogens is 1. The Morgan fingerprint density at radius 2 is 1.82 bits per heavy atom. The maximum atomic E-state index is 13.3. The molecule has 39 heavy (non-hydrogen) atoms. The van der Waals surface area contributed by atoms with E-state index in [-0.39, 0.29) is 5.91 Å². The van der Waals surface area contributed by atoms with Gasteiger partial charge in [0.2, 0.25) is 5.91 Å². The molecule has 2 amide bonds. The summed E-state index contributed by atoms with van der Waals surface area (Å²) in [5.74, 6) is -1.72. The van der Waals surface area contributed by atoms with Crippen molar-refractivity contribution < 1.29 is 19.4 Å². The summed E-state index contributed by atoms with van der Waals surface area (Å²) in [6.45, 7) is 3.94. The van der Waals surface area contributed by atoms with E-state index >= 15 is 0 Å². The number of nitrogens with zero attached hydrogens (tertiary/aromatic N) is 2. The first-order valence-corrected chi connectivity index (χ1v) is 14.3. The van der Waals surface area contributed by atoms with E-state index in [1.165, 1.54) is 10.5 Å². The van der Waals surface area contributed by atoms with E-state index in [1.54, 1.807) is 32.2 Å². The van der Waals surface area contributed by atoms with Gasteiger partial charge in [0.05, 0.1) is 11.6 Å². The number of amides is 2. The van der Waals surface area contributed by atoms with E-state index in [4.69, 9.17) is 22.1 Å². The average Bonchev–Trinajstić information content (AvgIpc) is 2.95. The van der Waals surface area contributed by atoms with Crippen molar-refractivity contribution in [3.63, 3.8) is 0 Å². The van der Waals surface area contributed by atoms with Crippen LogP contribution < -0.4 is 15.4 Å². The highest BCUT2D eigenvalue weighted by atomic mass is 35.5. The van der Waals surface area contributed by atoms with Gasteiger partial charge in [-0.1, -0.05) is 42.3 Å². The lowest BCUT2D eigenvalue weighted by Crippen LogP contribution is -2.52. The van der Waals surface area contributed by atoms with Gasteiger partial charge >= 0.3 is 0 Å². The number of aliphatic hydroxyl groups is 1. The molecule has 0 aliphatic carbocycles. The molecule has 0 fully saturated rings. The van der Waals surface area contributed by atoms with Crippen LogP contribution >= 0.6 is 11.6 Å². The molecule has 0 radical (unpaired) electrons. The largest absolute Gasteiger partial charge is 0.487 e. The molecule has 2 atom stereocenters. The van der Waals surface area contributed by atoms with Crippen LogP contribution in [-0.4, -0.2) is 48.5 Å². The average molecular weight is 554 g/mol. The lowest BCUT2D eigenvalue weighted by atomic mass is 9.80. The molecule has 3 N–H and O–H groups in total. The van der Waals surface area contributed by atoms with E-state index in [2.05, 4.69) is 11.0 Å². The lowest BCUT2D eigenvalue weighted by Gasteiger charge is -2.34. The van der Waals surface area contributed by atoms with Crippen LogP contribution in [0.2, 0.25) is 5.02 Å². The fourth-order valence-electron chi connectivity index (χ4n) is 5.52. The highest BCUT2D eigenvalue weighted by molar-refractivity contribution is 6.30. The molecule has 2 bridgehead atoms. The van der Waals surface area contributed by atoms with E-state index in [9.17, 15) is 14.7 Å². The molecule has 210 valence electrons. The predicted octanol–water partition coefficient (Wildman–Crippen LogP) is 4.96. The number of allylic oxidation sites excluding steroid dienone is 1. The SMILES string of the molecule is C[C@H]1C(=O)N(C)C/C=C\CCCCCN2CCCCc3cc(Cl)ccc3COc3ccc(cc32)[C@]1(O)C(N)=O. The van der Waals surface area contributed by atoms with E-state index < -0.39 is 17.4 Å². The first-order valence-electron chi connectivity index (χ1n) is 13.9. The third-order valence-corrected chi connectivity index (χ3v) is 8.24. The maximum Gasteiger partial charge on any atom is 0.254 e. The molecule has 0 saturated carbocycles. The topological polar surface area (TPSA) is 96.1 Å². The molecular formula is C31H40ClN3O4. The maximum absolute atomic E-state index is 13.3. The summed E-state index contributed by atoms with van der Waals surface area (Å²) in [7, 11) is 1.67. The Kier molecular flexibility index (Phi) is 9.57. The van der Waals surface area contributed by atoms with Crippen molar-refractivity contribution in [2.24, 2.45) is 11.7 Å². The Balaban J connectivity index is 1.79. The van der Waals surface area contributed by atoms with Crippen molar-refractivity contribution in [3.05, 3.63) is 70.3 Å².